The number of ether oxygens (including phenoxy) is 1. The average Bonchev–Trinajstić information content (AvgIpc) is 2.37. The summed E-state index contributed by atoms with van der Waals surface area (Å²) in [6.07, 6.45) is 0. The fourth-order valence-electron chi connectivity index (χ4n) is 1.64. The summed E-state index contributed by atoms with van der Waals surface area (Å²) in [5, 5.41) is 0.492. The van der Waals surface area contributed by atoms with E-state index in [-0.39, 0.29) is 0 Å². The van der Waals surface area contributed by atoms with Gasteiger partial charge < -0.3 is 4.74 Å². The Morgan fingerprint density at radius 2 is 1.83 bits per heavy atom. The third-order valence-electron chi connectivity index (χ3n) is 2.71. The monoisotopic (exact) mass is 261 g/mol. The third kappa shape index (κ3) is 3.47. The molecule has 2 nitrogen and oxygen atoms in total. The Morgan fingerprint density at radius 1 is 1.11 bits per heavy atom. The van der Waals surface area contributed by atoms with E-state index in [0.717, 1.165) is 11.4 Å². The number of hydrogen-bond acceptors (Lipinski definition) is 2. The van der Waals surface area contributed by atoms with E-state index in [2.05, 4.69) is 31.0 Å². The minimum atomic E-state index is 0.432. The van der Waals surface area contributed by atoms with Crippen molar-refractivity contribution in [3.8, 4) is 5.75 Å². The van der Waals surface area contributed by atoms with Crippen molar-refractivity contribution in [2.24, 2.45) is 0 Å². The van der Waals surface area contributed by atoms with Crippen LogP contribution in [-0.4, -0.2) is 4.98 Å². The molecule has 94 valence electrons. The summed E-state index contributed by atoms with van der Waals surface area (Å²) in [4.78, 5) is 4.17. The fraction of sp³-hybridized carbons (Fsp3) is 0.267. The maximum Gasteiger partial charge on any atom is 0.130 e. The van der Waals surface area contributed by atoms with Gasteiger partial charge in [-0.2, -0.15) is 0 Å². The highest BCUT2D eigenvalue weighted by molar-refractivity contribution is 6.29. The van der Waals surface area contributed by atoms with E-state index in [0.29, 0.717) is 17.7 Å². The van der Waals surface area contributed by atoms with Crippen molar-refractivity contribution in [1.82, 2.24) is 4.98 Å². The summed E-state index contributed by atoms with van der Waals surface area (Å²) in [5.41, 5.74) is 2.14. The molecule has 0 aliphatic heterocycles. The predicted molar refractivity (Wildman–Crippen MR) is 74.1 cm³/mol. The van der Waals surface area contributed by atoms with Crippen molar-refractivity contribution in [2.45, 2.75) is 26.4 Å². The van der Waals surface area contributed by atoms with Crippen LogP contribution < -0.4 is 4.74 Å². The SMILES string of the molecule is CC(C)c1ccc(OCc2cccc(Cl)n2)cc1. The normalized spacial score (nSPS) is 10.7. The van der Waals surface area contributed by atoms with Crippen molar-refractivity contribution >= 4 is 11.6 Å². The third-order valence-corrected chi connectivity index (χ3v) is 2.92. The minimum Gasteiger partial charge on any atom is -0.487 e. The van der Waals surface area contributed by atoms with Crippen molar-refractivity contribution in [1.29, 1.82) is 0 Å². The van der Waals surface area contributed by atoms with Gasteiger partial charge in [-0.3, -0.25) is 0 Å². The molecular formula is C15H16ClNO. The molecule has 18 heavy (non-hydrogen) atoms. The number of aromatic nitrogens is 1. The van der Waals surface area contributed by atoms with Crippen LogP contribution in [0.25, 0.3) is 0 Å². The van der Waals surface area contributed by atoms with Crippen LogP contribution >= 0.6 is 11.6 Å². The molecule has 0 spiro atoms. The molecule has 0 aliphatic rings. The van der Waals surface area contributed by atoms with Crippen LogP contribution in [0.2, 0.25) is 5.15 Å². The average molecular weight is 262 g/mol. The van der Waals surface area contributed by atoms with Crippen LogP contribution in [0.1, 0.15) is 31.0 Å². The molecule has 0 radical (unpaired) electrons. The Morgan fingerprint density at radius 3 is 2.44 bits per heavy atom. The molecule has 2 aromatic rings. The Balaban J connectivity index is 1.98. The smallest absolute Gasteiger partial charge is 0.130 e. The summed E-state index contributed by atoms with van der Waals surface area (Å²) in [6, 6.07) is 13.7. The lowest BCUT2D eigenvalue weighted by atomic mass is 10.0. The molecule has 2 rings (SSSR count). The Hall–Kier alpha value is -1.54. The first-order valence-electron chi connectivity index (χ1n) is 5.99. The zero-order valence-corrected chi connectivity index (χ0v) is 11.3. The molecule has 1 aromatic heterocycles. The van der Waals surface area contributed by atoms with E-state index >= 15 is 0 Å². The molecule has 0 bridgehead atoms. The Labute approximate surface area is 113 Å². The fourth-order valence-corrected chi connectivity index (χ4v) is 1.82. The number of hydrogen-bond donors (Lipinski definition) is 0. The topological polar surface area (TPSA) is 22.1 Å². The minimum absolute atomic E-state index is 0.432. The van der Waals surface area contributed by atoms with Gasteiger partial charge in [0, 0.05) is 0 Å². The molecule has 0 aliphatic carbocycles. The van der Waals surface area contributed by atoms with Crippen LogP contribution in [0.5, 0.6) is 5.75 Å². The molecule has 0 N–H and O–H groups in total. The molecule has 0 unspecified atom stereocenters. The van der Waals surface area contributed by atoms with Crippen LogP contribution in [0.15, 0.2) is 42.5 Å². The first kappa shape index (κ1) is 12.9. The van der Waals surface area contributed by atoms with Crippen LogP contribution in [-0.2, 0) is 6.61 Å². The molecule has 0 fully saturated rings. The molecule has 1 heterocycles. The van der Waals surface area contributed by atoms with Gasteiger partial charge in [0.05, 0.1) is 5.69 Å². The largest absolute Gasteiger partial charge is 0.487 e. The number of benzene rings is 1. The molecule has 0 saturated heterocycles. The van der Waals surface area contributed by atoms with Gasteiger partial charge in [0.1, 0.15) is 17.5 Å². The van der Waals surface area contributed by atoms with Gasteiger partial charge in [0.25, 0.3) is 0 Å². The number of halogens is 1. The second-order valence-electron chi connectivity index (χ2n) is 4.46. The molecule has 1 aromatic carbocycles. The Kier molecular flexibility index (Phi) is 4.21. The predicted octanol–water partition coefficient (Wildman–Crippen LogP) is 4.44. The van der Waals surface area contributed by atoms with Crippen molar-refractivity contribution in [2.75, 3.05) is 0 Å². The van der Waals surface area contributed by atoms with Gasteiger partial charge >= 0.3 is 0 Å². The highest BCUT2D eigenvalue weighted by Crippen LogP contribution is 2.19. The van der Waals surface area contributed by atoms with Crippen LogP contribution in [0.4, 0.5) is 0 Å². The van der Waals surface area contributed by atoms with Crippen LogP contribution in [0.3, 0.4) is 0 Å². The summed E-state index contributed by atoms with van der Waals surface area (Å²) in [6.45, 7) is 4.78. The van der Waals surface area contributed by atoms with Crippen LogP contribution in [0, 0.1) is 0 Å². The lowest BCUT2D eigenvalue weighted by molar-refractivity contribution is 0.301. The second-order valence-corrected chi connectivity index (χ2v) is 4.85. The first-order valence-corrected chi connectivity index (χ1v) is 6.37. The zero-order valence-electron chi connectivity index (χ0n) is 10.6. The standard InChI is InChI=1S/C15H16ClNO/c1-11(2)12-6-8-14(9-7-12)18-10-13-4-3-5-15(16)17-13/h3-9,11H,10H2,1-2H3. The van der Waals surface area contributed by atoms with Gasteiger partial charge in [-0.25, -0.2) is 4.98 Å². The number of pyridine rings is 1. The molecular weight excluding hydrogens is 246 g/mol. The van der Waals surface area contributed by atoms with E-state index in [4.69, 9.17) is 16.3 Å². The van der Waals surface area contributed by atoms with Gasteiger partial charge in [0.2, 0.25) is 0 Å². The number of rotatable bonds is 4. The quantitative estimate of drug-likeness (QED) is 0.759. The summed E-state index contributed by atoms with van der Waals surface area (Å²) in [7, 11) is 0. The molecule has 0 atom stereocenters. The second kappa shape index (κ2) is 5.87. The lowest BCUT2D eigenvalue weighted by Gasteiger charge is -2.08. The van der Waals surface area contributed by atoms with Crippen molar-refractivity contribution < 1.29 is 4.74 Å². The highest BCUT2D eigenvalue weighted by atomic mass is 35.5. The maximum absolute atomic E-state index is 5.82. The summed E-state index contributed by atoms with van der Waals surface area (Å²) >= 11 is 5.82. The maximum atomic E-state index is 5.82. The summed E-state index contributed by atoms with van der Waals surface area (Å²) in [5.74, 6) is 1.38. The lowest BCUT2D eigenvalue weighted by Crippen LogP contribution is -1.98. The first-order chi connectivity index (χ1) is 8.65. The van der Waals surface area contributed by atoms with Crippen molar-refractivity contribution in [3.05, 3.63) is 58.9 Å². The van der Waals surface area contributed by atoms with E-state index < -0.39 is 0 Å². The molecule has 3 heteroatoms. The molecule has 0 amide bonds. The highest BCUT2D eigenvalue weighted by Gasteiger charge is 2.01. The van der Waals surface area contributed by atoms with E-state index in [1.165, 1.54) is 5.56 Å². The number of nitrogens with zero attached hydrogens (tertiary/aromatic N) is 1. The summed E-state index contributed by atoms with van der Waals surface area (Å²) < 4.78 is 5.66. The van der Waals surface area contributed by atoms with Gasteiger partial charge in [-0.1, -0.05) is 43.6 Å². The molecule has 0 saturated carbocycles. The van der Waals surface area contributed by atoms with Gasteiger partial charge in [0.15, 0.2) is 0 Å². The van der Waals surface area contributed by atoms with E-state index in [9.17, 15) is 0 Å². The van der Waals surface area contributed by atoms with Gasteiger partial charge in [-0.05, 0) is 35.7 Å². The van der Waals surface area contributed by atoms with E-state index in [1.807, 2.05) is 24.3 Å². The van der Waals surface area contributed by atoms with Gasteiger partial charge in [-0.15, -0.1) is 0 Å². The van der Waals surface area contributed by atoms with Crippen molar-refractivity contribution in [3.63, 3.8) is 0 Å². The van der Waals surface area contributed by atoms with E-state index in [1.54, 1.807) is 6.07 Å². The zero-order chi connectivity index (χ0) is 13.0. The Bertz CT molecular complexity index is 508.